The van der Waals surface area contributed by atoms with Crippen molar-refractivity contribution in [3.05, 3.63) is 0 Å². The molecule has 1 heterocycles. The summed E-state index contributed by atoms with van der Waals surface area (Å²) >= 11 is 1.06. The van der Waals surface area contributed by atoms with E-state index >= 15 is 0 Å². The monoisotopic (exact) mass is 235 g/mol. The lowest BCUT2D eigenvalue weighted by Gasteiger charge is -2.03. The van der Waals surface area contributed by atoms with E-state index in [1.807, 2.05) is 6.92 Å². The van der Waals surface area contributed by atoms with Crippen LogP contribution in [0, 0.1) is 0 Å². The predicted molar refractivity (Wildman–Crippen MR) is 58.4 cm³/mol. The molecule has 0 aliphatic heterocycles. The maximum absolute atomic E-state index is 11.7. The highest BCUT2D eigenvalue weighted by Crippen LogP contribution is 2.31. The van der Waals surface area contributed by atoms with Crippen molar-refractivity contribution in [2.75, 3.05) is 23.9 Å². The van der Waals surface area contributed by atoms with E-state index in [1.165, 1.54) is 0 Å². The van der Waals surface area contributed by atoms with Gasteiger partial charge in [0.2, 0.25) is 0 Å². The molecule has 0 bridgehead atoms. The minimum Gasteiger partial charge on any atom is -0.382 e. The molecule has 80 valence electrons. The molecule has 0 aromatic carbocycles. The third-order valence-corrected chi connectivity index (χ3v) is 4.67. The molecule has 0 aliphatic carbocycles. The summed E-state index contributed by atoms with van der Waals surface area (Å²) < 4.78 is 27.3. The van der Waals surface area contributed by atoms with Crippen LogP contribution in [0.15, 0.2) is 4.90 Å². The van der Waals surface area contributed by atoms with Gasteiger partial charge in [0.05, 0.1) is 5.75 Å². The van der Waals surface area contributed by atoms with E-state index in [4.69, 9.17) is 5.73 Å². The second-order valence-corrected chi connectivity index (χ2v) is 5.61. The smallest absolute Gasteiger partial charge is 0.184 e. The van der Waals surface area contributed by atoms with Crippen LogP contribution in [0.4, 0.5) is 10.8 Å². The van der Waals surface area contributed by atoms with Crippen LogP contribution in [0.2, 0.25) is 0 Å². The number of hydrogen-bond donors (Lipinski definition) is 2. The van der Waals surface area contributed by atoms with E-state index in [0.717, 1.165) is 11.5 Å². The van der Waals surface area contributed by atoms with Crippen molar-refractivity contribution in [2.24, 2.45) is 0 Å². The zero-order valence-corrected chi connectivity index (χ0v) is 9.70. The molecule has 1 aromatic heterocycles. The van der Waals surface area contributed by atoms with E-state index in [2.05, 4.69) is 9.69 Å². The molecule has 0 saturated carbocycles. The first kappa shape index (κ1) is 11.3. The summed E-state index contributed by atoms with van der Waals surface area (Å²) in [5.41, 5.74) is 5.51. The summed E-state index contributed by atoms with van der Waals surface area (Å²) in [7, 11) is -1.63. The van der Waals surface area contributed by atoms with Crippen LogP contribution in [0.1, 0.15) is 13.3 Å². The molecule has 0 atom stereocenters. The van der Waals surface area contributed by atoms with Gasteiger partial charge in [0.25, 0.3) is 0 Å². The average Bonchev–Trinajstić information content (AvgIpc) is 2.47. The number of sulfone groups is 1. The maximum Gasteiger partial charge on any atom is 0.184 e. The van der Waals surface area contributed by atoms with Gasteiger partial charge in [0, 0.05) is 7.05 Å². The van der Waals surface area contributed by atoms with Gasteiger partial charge in [0.1, 0.15) is 9.90 Å². The van der Waals surface area contributed by atoms with Gasteiger partial charge in [-0.25, -0.2) is 8.42 Å². The number of anilines is 2. The molecule has 0 saturated heterocycles. The van der Waals surface area contributed by atoms with Crippen molar-refractivity contribution in [1.29, 1.82) is 0 Å². The molecule has 0 spiro atoms. The van der Waals surface area contributed by atoms with Gasteiger partial charge in [-0.3, -0.25) is 0 Å². The zero-order chi connectivity index (χ0) is 10.8. The van der Waals surface area contributed by atoms with Crippen molar-refractivity contribution < 1.29 is 8.42 Å². The fourth-order valence-electron chi connectivity index (χ4n) is 1.12. The van der Waals surface area contributed by atoms with Crippen LogP contribution in [0.3, 0.4) is 0 Å². The first-order chi connectivity index (χ1) is 6.53. The van der Waals surface area contributed by atoms with Crippen molar-refractivity contribution in [3.63, 3.8) is 0 Å². The number of nitrogens with two attached hydrogens (primary N) is 1. The second-order valence-electron chi connectivity index (χ2n) is 2.79. The maximum atomic E-state index is 11.7. The number of nitrogens with zero attached hydrogens (tertiary/aromatic N) is 1. The highest BCUT2D eigenvalue weighted by Gasteiger charge is 2.23. The molecule has 14 heavy (non-hydrogen) atoms. The van der Waals surface area contributed by atoms with Gasteiger partial charge in [-0.1, -0.05) is 6.92 Å². The largest absolute Gasteiger partial charge is 0.382 e. The van der Waals surface area contributed by atoms with Crippen LogP contribution in [-0.2, 0) is 9.84 Å². The molecule has 0 radical (unpaired) electrons. The zero-order valence-electron chi connectivity index (χ0n) is 8.07. The van der Waals surface area contributed by atoms with Crippen LogP contribution in [0.25, 0.3) is 0 Å². The second kappa shape index (κ2) is 4.14. The summed E-state index contributed by atoms with van der Waals surface area (Å²) in [6.45, 7) is 1.81. The molecular weight excluding hydrogens is 222 g/mol. The minimum atomic E-state index is -3.28. The van der Waals surface area contributed by atoms with Crippen LogP contribution >= 0.6 is 11.5 Å². The highest BCUT2D eigenvalue weighted by atomic mass is 32.2. The molecule has 7 heteroatoms. The van der Waals surface area contributed by atoms with Gasteiger partial charge < -0.3 is 11.1 Å². The van der Waals surface area contributed by atoms with E-state index in [0.29, 0.717) is 11.4 Å². The van der Waals surface area contributed by atoms with Gasteiger partial charge in [-0.05, 0) is 18.0 Å². The predicted octanol–water partition coefficient (Wildman–Crippen LogP) is 0.951. The molecule has 0 aliphatic rings. The average molecular weight is 235 g/mol. The summed E-state index contributed by atoms with van der Waals surface area (Å²) in [4.78, 5) is 0.145. The molecule has 5 nitrogen and oxygen atoms in total. The summed E-state index contributed by atoms with van der Waals surface area (Å²) in [5, 5.41) is 3.29. The number of nitrogens with one attached hydrogen (secondary N) is 1. The Bertz CT molecular complexity index is 411. The molecule has 1 aromatic rings. The number of rotatable bonds is 4. The Morgan fingerprint density at radius 3 is 2.71 bits per heavy atom. The Morgan fingerprint density at radius 2 is 2.21 bits per heavy atom. The third-order valence-electron chi connectivity index (χ3n) is 1.69. The summed E-state index contributed by atoms with van der Waals surface area (Å²) in [6.07, 6.45) is 0.570. The van der Waals surface area contributed by atoms with E-state index in [1.54, 1.807) is 7.05 Å². The normalized spacial score (nSPS) is 11.6. The van der Waals surface area contributed by atoms with Crippen LogP contribution in [-0.4, -0.2) is 25.6 Å². The first-order valence-corrected chi connectivity index (χ1v) is 6.61. The van der Waals surface area contributed by atoms with Gasteiger partial charge >= 0.3 is 0 Å². The van der Waals surface area contributed by atoms with E-state index in [-0.39, 0.29) is 16.5 Å². The van der Waals surface area contributed by atoms with Crippen LogP contribution < -0.4 is 11.1 Å². The topological polar surface area (TPSA) is 85.1 Å². The van der Waals surface area contributed by atoms with E-state index in [9.17, 15) is 8.42 Å². The molecule has 0 fully saturated rings. The molecule has 0 unspecified atom stereocenters. The fourth-order valence-corrected chi connectivity index (χ4v) is 3.73. The number of nitrogen functional groups attached to an aromatic ring is 1. The quantitative estimate of drug-likeness (QED) is 0.811. The lowest BCUT2D eigenvalue weighted by Crippen LogP contribution is -2.09. The van der Waals surface area contributed by atoms with Gasteiger partial charge in [-0.2, -0.15) is 4.37 Å². The highest BCUT2D eigenvalue weighted by molar-refractivity contribution is 7.91. The van der Waals surface area contributed by atoms with Gasteiger partial charge in [0.15, 0.2) is 15.7 Å². The molecule has 3 N–H and O–H groups in total. The standard InChI is InChI=1S/C7H13N3O2S2/c1-3-4-14(11,12)5-6(8)10-13-7(5)9-2/h9H,3-4H2,1-2H3,(H2,8,10). The van der Waals surface area contributed by atoms with Crippen LogP contribution in [0.5, 0.6) is 0 Å². The lowest BCUT2D eigenvalue weighted by atomic mass is 10.6. The van der Waals surface area contributed by atoms with E-state index < -0.39 is 9.84 Å². The Morgan fingerprint density at radius 1 is 1.57 bits per heavy atom. The minimum absolute atomic E-state index is 0.0906. The first-order valence-electron chi connectivity index (χ1n) is 4.18. The lowest BCUT2D eigenvalue weighted by molar-refractivity contribution is 0.595. The SMILES string of the molecule is CCCS(=O)(=O)c1c(N)nsc1NC. The Balaban J connectivity index is 3.23. The van der Waals surface area contributed by atoms with Crippen molar-refractivity contribution in [3.8, 4) is 0 Å². The molecular formula is C7H13N3O2S2. The Kier molecular flexibility index (Phi) is 3.33. The summed E-state index contributed by atoms with van der Waals surface area (Å²) in [6, 6.07) is 0. The Hall–Kier alpha value is -0.820. The third kappa shape index (κ3) is 1.98. The molecule has 1 rings (SSSR count). The summed E-state index contributed by atoms with van der Waals surface area (Å²) in [5.74, 6) is 0.192. The number of aromatic nitrogens is 1. The fraction of sp³-hybridized carbons (Fsp3) is 0.571. The van der Waals surface area contributed by atoms with Crippen molar-refractivity contribution >= 4 is 32.2 Å². The van der Waals surface area contributed by atoms with Crippen molar-refractivity contribution in [1.82, 2.24) is 4.37 Å². The Labute approximate surface area is 87.4 Å². The van der Waals surface area contributed by atoms with Gasteiger partial charge in [-0.15, -0.1) is 0 Å². The number of hydrogen-bond acceptors (Lipinski definition) is 6. The molecule has 0 amide bonds. The van der Waals surface area contributed by atoms with Crippen molar-refractivity contribution in [2.45, 2.75) is 18.2 Å².